The normalized spacial score (nSPS) is 13.4. The molecule has 0 bridgehead atoms. The lowest BCUT2D eigenvalue weighted by Gasteiger charge is -2.22. The molecular formula is C25H29N5O5S. The first-order valence-electron chi connectivity index (χ1n) is 11.3. The Morgan fingerprint density at radius 3 is 2.31 bits per heavy atom. The van der Waals surface area contributed by atoms with Crippen LogP contribution in [0.4, 0.5) is 0 Å². The van der Waals surface area contributed by atoms with E-state index in [1.807, 2.05) is 30.3 Å². The summed E-state index contributed by atoms with van der Waals surface area (Å²) in [5, 5.41) is 18.1. The van der Waals surface area contributed by atoms with Crippen LogP contribution in [0.25, 0.3) is 10.9 Å². The quantitative estimate of drug-likeness (QED) is 0.174. The minimum atomic E-state index is -1.20. The van der Waals surface area contributed by atoms with Gasteiger partial charge >= 0.3 is 5.97 Å². The Balaban J connectivity index is 1.76. The maximum absolute atomic E-state index is 13.2. The van der Waals surface area contributed by atoms with Crippen LogP contribution in [0, 0.1) is 0 Å². The first-order chi connectivity index (χ1) is 17.3. The number of carbonyl (C=O) groups is 4. The van der Waals surface area contributed by atoms with Crippen LogP contribution < -0.4 is 21.7 Å². The number of nitrogens with one attached hydrogen (secondary N) is 4. The monoisotopic (exact) mass is 511 g/mol. The van der Waals surface area contributed by atoms with Gasteiger partial charge in [-0.3, -0.25) is 14.4 Å². The predicted octanol–water partition coefficient (Wildman–Crippen LogP) is 0.381. The summed E-state index contributed by atoms with van der Waals surface area (Å²) in [6.45, 7) is -0.398. The van der Waals surface area contributed by atoms with E-state index in [9.17, 15) is 24.3 Å². The van der Waals surface area contributed by atoms with Crippen molar-refractivity contribution in [2.75, 3.05) is 12.3 Å². The molecule has 0 radical (unpaired) electrons. The minimum absolute atomic E-state index is 0.0767. The van der Waals surface area contributed by atoms with Gasteiger partial charge in [0.1, 0.15) is 12.1 Å². The van der Waals surface area contributed by atoms with Gasteiger partial charge in [-0.25, -0.2) is 4.79 Å². The largest absolute Gasteiger partial charge is 0.480 e. The number of aliphatic carboxylic acids is 1. The third-order valence-electron chi connectivity index (χ3n) is 5.60. The lowest BCUT2D eigenvalue weighted by atomic mass is 10.0. The summed E-state index contributed by atoms with van der Waals surface area (Å²) in [6.07, 6.45) is 1.92. The van der Waals surface area contributed by atoms with Crippen molar-refractivity contribution in [3.8, 4) is 0 Å². The number of carbonyl (C=O) groups excluding carboxylic acids is 3. The molecule has 3 atom stereocenters. The Morgan fingerprint density at radius 1 is 0.917 bits per heavy atom. The van der Waals surface area contributed by atoms with Crippen LogP contribution >= 0.6 is 12.6 Å². The van der Waals surface area contributed by atoms with Gasteiger partial charge in [0.15, 0.2) is 0 Å². The smallest absolute Gasteiger partial charge is 0.326 e. The molecule has 11 heteroatoms. The Hall–Kier alpha value is -3.83. The summed E-state index contributed by atoms with van der Waals surface area (Å²) < 4.78 is 0. The van der Waals surface area contributed by atoms with E-state index in [-0.39, 0.29) is 18.6 Å². The highest BCUT2D eigenvalue weighted by molar-refractivity contribution is 7.80. The maximum atomic E-state index is 13.2. The van der Waals surface area contributed by atoms with Crippen molar-refractivity contribution in [1.82, 2.24) is 20.9 Å². The zero-order valence-electron chi connectivity index (χ0n) is 19.4. The average Bonchev–Trinajstić information content (AvgIpc) is 3.29. The Labute approximate surface area is 213 Å². The lowest BCUT2D eigenvalue weighted by Crippen LogP contribution is -2.55. The molecule has 3 aromatic rings. The summed E-state index contributed by atoms with van der Waals surface area (Å²) in [6, 6.07) is 13.2. The number of fused-ring (bicyclic) bond motifs is 1. The molecule has 0 saturated heterocycles. The molecule has 3 rings (SSSR count). The Morgan fingerprint density at radius 2 is 1.61 bits per heavy atom. The first-order valence-corrected chi connectivity index (χ1v) is 12.0. The van der Waals surface area contributed by atoms with Gasteiger partial charge in [-0.1, -0.05) is 48.5 Å². The number of H-pyrrole nitrogens is 1. The first kappa shape index (κ1) is 26.8. The maximum Gasteiger partial charge on any atom is 0.326 e. The molecular weight excluding hydrogens is 482 g/mol. The van der Waals surface area contributed by atoms with Gasteiger partial charge in [-0.15, -0.1) is 0 Å². The molecule has 7 N–H and O–H groups in total. The van der Waals surface area contributed by atoms with Gasteiger partial charge in [0, 0.05) is 35.7 Å². The van der Waals surface area contributed by atoms with Crippen molar-refractivity contribution in [3.63, 3.8) is 0 Å². The second-order valence-electron chi connectivity index (χ2n) is 8.28. The SMILES string of the molecule is NC(CS)C(=O)NCC(=O)NC(Cc1c[nH]c2ccccc12)C(=O)NC(Cc1ccccc1)C(=O)O. The molecule has 3 amide bonds. The van der Waals surface area contributed by atoms with Gasteiger partial charge in [0.25, 0.3) is 0 Å². The third-order valence-corrected chi connectivity index (χ3v) is 6.00. The number of carboxylic acid groups (broad SMARTS) is 1. The molecule has 10 nitrogen and oxygen atoms in total. The highest BCUT2D eigenvalue weighted by Crippen LogP contribution is 2.19. The highest BCUT2D eigenvalue weighted by Gasteiger charge is 2.28. The van der Waals surface area contributed by atoms with Crippen LogP contribution in [-0.4, -0.2) is 64.2 Å². The number of benzene rings is 2. The van der Waals surface area contributed by atoms with E-state index in [1.165, 1.54) is 0 Å². The number of hydrogen-bond donors (Lipinski definition) is 7. The number of thiol groups is 1. The van der Waals surface area contributed by atoms with Crippen molar-refractivity contribution in [3.05, 3.63) is 71.9 Å². The fourth-order valence-electron chi connectivity index (χ4n) is 3.68. The van der Waals surface area contributed by atoms with E-state index < -0.39 is 48.4 Å². The standard InChI is InChI=1S/C25H29N5O5S/c26-18(14-36)23(32)28-13-22(31)29-20(11-16-12-27-19-9-5-4-8-17(16)19)24(33)30-21(25(34)35)10-15-6-2-1-3-7-15/h1-9,12,18,20-21,27,36H,10-11,13-14,26H2,(H,28,32)(H,29,31)(H,30,33)(H,34,35). The van der Waals surface area contributed by atoms with Crippen molar-refractivity contribution in [2.45, 2.75) is 31.0 Å². The van der Waals surface area contributed by atoms with Gasteiger partial charge in [0.05, 0.1) is 12.6 Å². The molecule has 0 spiro atoms. The van der Waals surface area contributed by atoms with Crippen molar-refractivity contribution in [2.24, 2.45) is 5.73 Å². The van der Waals surface area contributed by atoms with E-state index >= 15 is 0 Å². The fourth-order valence-corrected chi connectivity index (χ4v) is 3.84. The summed E-state index contributed by atoms with van der Waals surface area (Å²) in [7, 11) is 0. The van der Waals surface area contributed by atoms with Crippen LogP contribution in [0.5, 0.6) is 0 Å². The van der Waals surface area contributed by atoms with Crippen LogP contribution in [0.2, 0.25) is 0 Å². The number of rotatable bonds is 12. The molecule has 3 unspecified atom stereocenters. The lowest BCUT2D eigenvalue weighted by molar-refractivity contribution is -0.142. The van der Waals surface area contributed by atoms with Gasteiger partial charge in [-0.2, -0.15) is 12.6 Å². The van der Waals surface area contributed by atoms with E-state index in [0.29, 0.717) is 0 Å². The third kappa shape index (κ3) is 7.33. The zero-order valence-corrected chi connectivity index (χ0v) is 20.3. The molecule has 190 valence electrons. The van der Waals surface area contributed by atoms with E-state index in [0.717, 1.165) is 22.0 Å². The van der Waals surface area contributed by atoms with Gasteiger partial charge in [0.2, 0.25) is 17.7 Å². The number of amides is 3. The second kappa shape index (κ2) is 12.8. The van der Waals surface area contributed by atoms with Crippen molar-refractivity contribution >= 4 is 47.2 Å². The predicted molar refractivity (Wildman–Crippen MR) is 138 cm³/mol. The molecule has 1 heterocycles. The number of aromatic nitrogens is 1. The molecule has 1 aromatic heterocycles. The Bertz CT molecular complexity index is 1220. The number of hydrogen-bond acceptors (Lipinski definition) is 6. The average molecular weight is 512 g/mol. The number of para-hydroxylation sites is 1. The van der Waals surface area contributed by atoms with Crippen molar-refractivity contribution in [1.29, 1.82) is 0 Å². The fraction of sp³-hybridized carbons (Fsp3) is 0.280. The summed E-state index contributed by atoms with van der Waals surface area (Å²) >= 11 is 3.95. The van der Waals surface area contributed by atoms with Crippen LogP contribution in [0.1, 0.15) is 11.1 Å². The summed E-state index contributed by atoms with van der Waals surface area (Å²) in [5.74, 6) is -2.92. The van der Waals surface area contributed by atoms with Gasteiger partial charge < -0.3 is 31.8 Å². The summed E-state index contributed by atoms with van der Waals surface area (Å²) in [5.41, 5.74) is 7.97. The zero-order chi connectivity index (χ0) is 26.1. The number of nitrogens with two attached hydrogens (primary N) is 1. The number of aromatic amines is 1. The topological polar surface area (TPSA) is 166 Å². The molecule has 0 fully saturated rings. The van der Waals surface area contributed by atoms with E-state index in [1.54, 1.807) is 30.5 Å². The Kier molecular flexibility index (Phi) is 9.48. The number of carboxylic acids is 1. The molecule has 0 saturated carbocycles. The summed E-state index contributed by atoms with van der Waals surface area (Å²) in [4.78, 5) is 52.7. The minimum Gasteiger partial charge on any atom is -0.480 e. The molecule has 36 heavy (non-hydrogen) atoms. The molecule has 0 aliphatic carbocycles. The molecule has 0 aliphatic heterocycles. The van der Waals surface area contributed by atoms with Crippen molar-refractivity contribution < 1.29 is 24.3 Å². The molecule has 0 aliphatic rings. The van der Waals surface area contributed by atoms with Crippen LogP contribution in [0.15, 0.2) is 60.8 Å². The van der Waals surface area contributed by atoms with Crippen LogP contribution in [-0.2, 0) is 32.0 Å². The highest BCUT2D eigenvalue weighted by atomic mass is 32.1. The van der Waals surface area contributed by atoms with E-state index in [4.69, 9.17) is 5.73 Å². The van der Waals surface area contributed by atoms with E-state index in [2.05, 4.69) is 33.6 Å². The van der Waals surface area contributed by atoms with Gasteiger partial charge in [-0.05, 0) is 17.2 Å². The van der Waals surface area contributed by atoms with Crippen LogP contribution in [0.3, 0.4) is 0 Å². The molecule has 2 aromatic carbocycles. The second-order valence-corrected chi connectivity index (χ2v) is 8.64.